The van der Waals surface area contributed by atoms with E-state index in [0.717, 1.165) is 77.3 Å². The molecule has 11 aromatic rings. The normalized spacial score (nSPS) is 11.9. The van der Waals surface area contributed by atoms with Crippen molar-refractivity contribution in [2.75, 3.05) is 0 Å². The Hall–Kier alpha value is -7.05. The molecule has 11 rings (SSSR count). The van der Waals surface area contributed by atoms with Crippen LogP contribution < -0.4 is 0 Å². The minimum Gasteiger partial charge on any atom is -0.456 e. The Bertz CT molecular complexity index is 3100. The summed E-state index contributed by atoms with van der Waals surface area (Å²) in [6.07, 6.45) is 0. The van der Waals surface area contributed by atoms with Crippen molar-refractivity contribution < 1.29 is 8.83 Å². The standard InChI is InChI=1S/C45H26N4O2/c1-5-18-36-29(11-1)30-12-2-6-19-37(30)49(36)28-25-23-27(24-26-28)43-46-44(34-16-10-22-40-41(34)33-14-4-8-21-39(33)50-40)48-45(47-43)35-17-9-15-32-31-13-3-7-20-38(31)51-42(32)35/h1-26H. The molecule has 0 bridgehead atoms. The number of nitrogens with zero attached hydrogens (tertiary/aromatic N) is 4. The van der Waals surface area contributed by atoms with Gasteiger partial charge < -0.3 is 13.4 Å². The quantitative estimate of drug-likeness (QED) is 0.189. The summed E-state index contributed by atoms with van der Waals surface area (Å²) < 4.78 is 15.0. The monoisotopic (exact) mass is 654 g/mol. The molecule has 0 spiro atoms. The van der Waals surface area contributed by atoms with Crippen molar-refractivity contribution >= 4 is 65.7 Å². The van der Waals surface area contributed by atoms with Gasteiger partial charge in [-0.25, -0.2) is 15.0 Å². The molecular weight excluding hydrogens is 629 g/mol. The fourth-order valence-electron chi connectivity index (χ4n) is 7.59. The highest BCUT2D eigenvalue weighted by molar-refractivity contribution is 6.12. The van der Waals surface area contributed by atoms with Gasteiger partial charge in [0.15, 0.2) is 17.5 Å². The molecule has 0 saturated carbocycles. The third-order valence-electron chi connectivity index (χ3n) is 9.89. The number of benzene rings is 7. The molecule has 238 valence electrons. The van der Waals surface area contributed by atoms with E-state index in [9.17, 15) is 0 Å². The van der Waals surface area contributed by atoms with Gasteiger partial charge in [0, 0.05) is 49.1 Å². The molecule has 0 N–H and O–H groups in total. The van der Waals surface area contributed by atoms with E-state index in [4.69, 9.17) is 23.8 Å². The first-order valence-corrected chi connectivity index (χ1v) is 16.9. The summed E-state index contributed by atoms with van der Waals surface area (Å²) in [6.45, 7) is 0. The van der Waals surface area contributed by atoms with Crippen molar-refractivity contribution in [2.24, 2.45) is 0 Å². The van der Waals surface area contributed by atoms with Crippen LogP contribution in [0.3, 0.4) is 0 Å². The van der Waals surface area contributed by atoms with Gasteiger partial charge in [-0.3, -0.25) is 0 Å². The Labute approximate surface area is 290 Å². The van der Waals surface area contributed by atoms with Crippen molar-refractivity contribution in [3.05, 3.63) is 158 Å². The number of para-hydroxylation sites is 5. The third-order valence-corrected chi connectivity index (χ3v) is 9.89. The Kier molecular flexibility index (Phi) is 5.86. The van der Waals surface area contributed by atoms with Crippen molar-refractivity contribution in [3.63, 3.8) is 0 Å². The summed E-state index contributed by atoms with van der Waals surface area (Å²) in [5, 5.41) is 6.51. The zero-order valence-electron chi connectivity index (χ0n) is 27.1. The average molecular weight is 655 g/mol. The Morgan fingerprint density at radius 3 is 1.65 bits per heavy atom. The maximum absolute atomic E-state index is 6.45. The van der Waals surface area contributed by atoms with Crippen LogP contribution in [0.5, 0.6) is 0 Å². The van der Waals surface area contributed by atoms with Gasteiger partial charge in [0.25, 0.3) is 0 Å². The molecule has 0 amide bonds. The Morgan fingerprint density at radius 1 is 0.373 bits per heavy atom. The highest BCUT2D eigenvalue weighted by Crippen LogP contribution is 2.39. The molecular formula is C45H26N4O2. The minimum absolute atomic E-state index is 0.538. The SMILES string of the molecule is c1ccc2c(c1)oc1c(-c3nc(-c4ccc(-n5c6ccccc6c6ccccc65)cc4)nc(-c4cccc5oc6ccccc6c45)n3)cccc12. The van der Waals surface area contributed by atoms with Gasteiger partial charge in [0.1, 0.15) is 22.3 Å². The van der Waals surface area contributed by atoms with E-state index in [-0.39, 0.29) is 0 Å². The van der Waals surface area contributed by atoms with E-state index >= 15 is 0 Å². The summed E-state index contributed by atoms with van der Waals surface area (Å²) in [4.78, 5) is 15.4. The molecule has 0 aliphatic heterocycles. The largest absolute Gasteiger partial charge is 0.456 e. The van der Waals surface area contributed by atoms with Crippen molar-refractivity contribution in [2.45, 2.75) is 0 Å². The first kappa shape index (κ1) is 27.9. The van der Waals surface area contributed by atoms with E-state index in [2.05, 4.69) is 102 Å². The van der Waals surface area contributed by atoms with Crippen LogP contribution >= 0.6 is 0 Å². The molecule has 6 nitrogen and oxygen atoms in total. The minimum atomic E-state index is 0.538. The second-order valence-corrected chi connectivity index (χ2v) is 12.8. The van der Waals surface area contributed by atoms with Gasteiger partial charge in [0.2, 0.25) is 0 Å². The fourth-order valence-corrected chi connectivity index (χ4v) is 7.59. The number of fused-ring (bicyclic) bond motifs is 9. The van der Waals surface area contributed by atoms with Gasteiger partial charge in [-0.15, -0.1) is 0 Å². The van der Waals surface area contributed by atoms with Gasteiger partial charge in [-0.2, -0.15) is 0 Å². The maximum Gasteiger partial charge on any atom is 0.167 e. The van der Waals surface area contributed by atoms with Gasteiger partial charge in [-0.1, -0.05) is 97.1 Å². The van der Waals surface area contributed by atoms with Crippen LogP contribution in [0.2, 0.25) is 0 Å². The zero-order chi connectivity index (χ0) is 33.5. The molecule has 0 atom stereocenters. The Balaban J connectivity index is 1.14. The van der Waals surface area contributed by atoms with Crippen LogP contribution in [0.25, 0.3) is 106 Å². The molecule has 6 heteroatoms. The van der Waals surface area contributed by atoms with Gasteiger partial charge >= 0.3 is 0 Å². The van der Waals surface area contributed by atoms with Crippen LogP contribution in [-0.4, -0.2) is 19.5 Å². The summed E-state index contributed by atoms with van der Waals surface area (Å²) in [6, 6.07) is 53.9. The Morgan fingerprint density at radius 2 is 0.902 bits per heavy atom. The molecule has 7 aromatic carbocycles. The number of furan rings is 2. The molecule has 51 heavy (non-hydrogen) atoms. The highest BCUT2D eigenvalue weighted by atomic mass is 16.3. The van der Waals surface area contributed by atoms with Crippen molar-refractivity contribution in [1.82, 2.24) is 19.5 Å². The van der Waals surface area contributed by atoms with E-state index in [0.29, 0.717) is 17.5 Å². The van der Waals surface area contributed by atoms with Crippen LogP contribution in [0.1, 0.15) is 0 Å². The first-order chi connectivity index (χ1) is 25.3. The third kappa shape index (κ3) is 4.20. The average Bonchev–Trinajstić information content (AvgIpc) is 3.87. The van der Waals surface area contributed by atoms with Crippen LogP contribution in [0, 0.1) is 0 Å². The van der Waals surface area contributed by atoms with Crippen LogP contribution in [0.4, 0.5) is 0 Å². The first-order valence-electron chi connectivity index (χ1n) is 16.9. The highest BCUT2D eigenvalue weighted by Gasteiger charge is 2.20. The molecule has 0 aliphatic carbocycles. The van der Waals surface area contributed by atoms with E-state index in [1.165, 1.54) is 10.8 Å². The number of rotatable bonds is 4. The molecule has 0 saturated heterocycles. The molecule has 4 aromatic heterocycles. The van der Waals surface area contributed by atoms with E-state index in [1.54, 1.807) is 0 Å². The lowest BCUT2D eigenvalue weighted by molar-refractivity contribution is 0.668. The van der Waals surface area contributed by atoms with Crippen LogP contribution in [-0.2, 0) is 0 Å². The molecule has 0 radical (unpaired) electrons. The molecule has 0 aliphatic rings. The predicted molar refractivity (Wildman–Crippen MR) is 205 cm³/mol. The van der Waals surface area contributed by atoms with Crippen molar-refractivity contribution in [3.8, 4) is 39.9 Å². The zero-order valence-corrected chi connectivity index (χ0v) is 27.1. The lowest BCUT2D eigenvalue weighted by atomic mass is 10.0. The van der Waals surface area contributed by atoms with E-state index in [1.807, 2.05) is 60.7 Å². The topological polar surface area (TPSA) is 69.9 Å². The van der Waals surface area contributed by atoms with Gasteiger partial charge in [0.05, 0.1) is 16.6 Å². The maximum atomic E-state index is 6.45. The summed E-state index contributed by atoms with van der Waals surface area (Å²) in [5.74, 6) is 1.67. The smallest absolute Gasteiger partial charge is 0.167 e. The summed E-state index contributed by atoms with van der Waals surface area (Å²) in [5.41, 5.74) is 9.12. The number of aromatic nitrogens is 4. The molecule has 0 fully saturated rings. The summed E-state index contributed by atoms with van der Waals surface area (Å²) >= 11 is 0. The number of hydrogen-bond acceptors (Lipinski definition) is 5. The molecule has 4 heterocycles. The predicted octanol–water partition coefficient (Wildman–Crippen LogP) is 11.8. The second kappa shape index (κ2) is 10.7. The fraction of sp³-hybridized carbons (Fsp3) is 0. The second-order valence-electron chi connectivity index (χ2n) is 12.8. The lowest BCUT2D eigenvalue weighted by Crippen LogP contribution is -2.01. The van der Waals surface area contributed by atoms with Crippen LogP contribution in [0.15, 0.2) is 167 Å². The van der Waals surface area contributed by atoms with Gasteiger partial charge in [-0.05, 0) is 60.7 Å². The van der Waals surface area contributed by atoms with Crippen molar-refractivity contribution in [1.29, 1.82) is 0 Å². The lowest BCUT2D eigenvalue weighted by Gasteiger charge is -2.11. The molecule has 0 unspecified atom stereocenters. The number of hydrogen-bond donors (Lipinski definition) is 0. The van der Waals surface area contributed by atoms with E-state index < -0.39 is 0 Å². The summed E-state index contributed by atoms with van der Waals surface area (Å²) in [7, 11) is 0.